The van der Waals surface area contributed by atoms with Crippen molar-refractivity contribution in [1.82, 2.24) is 9.57 Å². The fourth-order valence-corrected chi connectivity index (χ4v) is 5.20. The second kappa shape index (κ2) is 7.53. The second-order valence-corrected chi connectivity index (χ2v) is 8.68. The van der Waals surface area contributed by atoms with Gasteiger partial charge in [-0.2, -0.15) is 0 Å². The first-order chi connectivity index (χ1) is 9.92. The minimum Gasteiger partial charge on any atom is -0.383 e. The third-order valence-corrected chi connectivity index (χ3v) is 6.27. The summed E-state index contributed by atoms with van der Waals surface area (Å²) in [5.74, 6) is 0. The molecule has 21 heavy (non-hydrogen) atoms. The molecule has 3 unspecified atom stereocenters. The summed E-state index contributed by atoms with van der Waals surface area (Å²) in [7, 11) is 0.984. The summed E-state index contributed by atoms with van der Waals surface area (Å²) < 4.78 is 31.8. The molecule has 0 N–H and O–H groups in total. The fraction of sp³-hybridized carbons (Fsp3) is 1.00. The first-order valence-corrected chi connectivity index (χ1v) is 9.77. The number of rotatable bonds is 6. The van der Waals surface area contributed by atoms with Gasteiger partial charge in [-0.15, -0.1) is 0 Å². The predicted octanol–water partition coefficient (Wildman–Crippen LogP) is 1.66. The lowest BCUT2D eigenvalue weighted by Gasteiger charge is -2.36. The Morgan fingerprint density at radius 3 is 2.76 bits per heavy atom. The molecule has 0 aliphatic carbocycles. The highest BCUT2D eigenvalue weighted by atomic mass is 31.2. The zero-order valence-electron chi connectivity index (χ0n) is 13.7. The molecule has 2 aliphatic heterocycles. The summed E-state index contributed by atoms with van der Waals surface area (Å²) in [6.07, 6.45) is 2.26. The van der Waals surface area contributed by atoms with Crippen molar-refractivity contribution in [3.63, 3.8) is 0 Å². The number of ether oxygens (including phenoxy) is 2. The van der Waals surface area contributed by atoms with Crippen LogP contribution in [-0.2, 0) is 18.6 Å². The van der Waals surface area contributed by atoms with E-state index in [1.54, 1.807) is 13.8 Å². The molecule has 0 radical (unpaired) electrons. The van der Waals surface area contributed by atoms with Crippen LogP contribution < -0.4 is 0 Å². The molecule has 0 saturated carbocycles. The van der Waals surface area contributed by atoms with Crippen molar-refractivity contribution in [2.75, 3.05) is 53.7 Å². The van der Waals surface area contributed by atoms with Crippen LogP contribution in [0.2, 0.25) is 0 Å². The van der Waals surface area contributed by atoms with E-state index in [1.807, 2.05) is 4.67 Å². The van der Waals surface area contributed by atoms with Crippen LogP contribution in [0.1, 0.15) is 19.8 Å². The Morgan fingerprint density at radius 1 is 1.33 bits per heavy atom. The fourth-order valence-electron chi connectivity index (χ4n) is 3.32. The van der Waals surface area contributed by atoms with Crippen LogP contribution in [0.25, 0.3) is 0 Å². The summed E-state index contributed by atoms with van der Waals surface area (Å²) in [6.45, 7) is 7.36. The number of nitrogens with zero attached hydrogens (tertiary/aromatic N) is 2. The van der Waals surface area contributed by atoms with Crippen molar-refractivity contribution in [3.05, 3.63) is 0 Å². The molecular formula is C14H29N2O4P. The minimum absolute atomic E-state index is 0.00416. The highest BCUT2D eigenvalue weighted by molar-refractivity contribution is 7.55. The van der Waals surface area contributed by atoms with Gasteiger partial charge >= 0.3 is 0 Å². The molecule has 0 spiro atoms. The van der Waals surface area contributed by atoms with Gasteiger partial charge in [0.25, 0.3) is 7.52 Å². The quantitative estimate of drug-likeness (QED) is 0.694. The summed E-state index contributed by atoms with van der Waals surface area (Å²) in [5, 5.41) is 0. The molecule has 2 aliphatic rings. The van der Waals surface area contributed by atoms with Crippen LogP contribution in [0.3, 0.4) is 0 Å². The maximum Gasteiger partial charge on any atom is 0.269 e. The van der Waals surface area contributed by atoms with Gasteiger partial charge in [-0.25, -0.2) is 4.67 Å². The van der Waals surface area contributed by atoms with E-state index in [2.05, 4.69) is 18.9 Å². The Morgan fingerprint density at radius 2 is 2.10 bits per heavy atom. The Balaban J connectivity index is 1.87. The van der Waals surface area contributed by atoms with E-state index in [0.717, 1.165) is 32.5 Å². The Kier molecular flexibility index (Phi) is 6.24. The standard InChI is InChI=1S/C14H29N2O4P/c1-12-8-15(2)9-14(20-12)11-19-21(4,17)16-7-5-6-13(16)10-18-3/h12-14H,5-11H2,1-4H3/t12?,13-,14?,21?/m0/s1. The number of hydrogen-bond acceptors (Lipinski definition) is 5. The highest BCUT2D eigenvalue weighted by Gasteiger charge is 2.37. The third-order valence-electron chi connectivity index (χ3n) is 4.18. The number of hydrogen-bond donors (Lipinski definition) is 0. The lowest BCUT2D eigenvalue weighted by molar-refractivity contribution is -0.0854. The number of morpholine rings is 1. The molecule has 124 valence electrons. The monoisotopic (exact) mass is 320 g/mol. The molecule has 2 saturated heterocycles. The van der Waals surface area contributed by atoms with Gasteiger partial charge in [0.2, 0.25) is 0 Å². The van der Waals surface area contributed by atoms with Gasteiger partial charge in [0.05, 0.1) is 25.4 Å². The maximum absolute atomic E-state index is 12.9. The van der Waals surface area contributed by atoms with E-state index in [-0.39, 0.29) is 18.2 Å². The molecule has 0 aromatic heterocycles. The van der Waals surface area contributed by atoms with Crippen molar-refractivity contribution >= 4 is 7.52 Å². The van der Waals surface area contributed by atoms with Gasteiger partial charge in [0.1, 0.15) is 0 Å². The number of likely N-dealkylation sites (N-methyl/N-ethyl adjacent to an activating group) is 1. The van der Waals surface area contributed by atoms with Crippen LogP contribution >= 0.6 is 7.52 Å². The summed E-state index contributed by atoms with van der Waals surface area (Å²) in [6, 6.07) is 0.208. The normalized spacial score (nSPS) is 35.0. The van der Waals surface area contributed by atoms with Crippen molar-refractivity contribution in [3.8, 4) is 0 Å². The van der Waals surface area contributed by atoms with E-state index < -0.39 is 7.52 Å². The topological polar surface area (TPSA) is 51.2 Å². The summed E-state index contributed by atoms with van der Waals surface area (Å²) in [5.41, 5.74) is 0. The van der Waals surface area contributed by atoms with Crippen molar-refractivity contribution in [2.45, 2.75) is 38.0 Å². The van der Waals surface area contributed by atoms with Gasteiger partial charge < -0.3 is 18.9 Å². The molecule has 6 nitrogen and oxygen atoms in total. The molecule has 2 rings (SSSR count). The smallest absolute Gasteiger partial charge is 0.269 e. The van der Waals surface area contributed by atoms with Gasteiger partial charge in [-0.05, 0) is 26.8 Å². The van der Waals surface area contributed by atoms with Crippen molar-refractivity contribution < 1.29 is 18.6 Å². The largest absolute Gasteiger partial charge is 0.383 e. The maximum atomic E-state index is 12.9. The summed E-state index contributed by atoms with van der Waals surface area (Å²) in [4.78, 5) is 2.23. The van der Waals surface area contributed by atoms with E-state index in [9.17, 15) is 4.57 Å². The van der Waals surface area contributed by atoms with Gasteiger partial charge in [0.15, 0.2) is 0 Å². The van der Waals surface area contributed by atoms with Gasteiger partial charge in [-0.3, -0.25) is 4.57 Å². The Labute approximate surface area is 128 Å². The summed E-state index contributed by atoms with van der Waals surface area (Å²) >= 11 is 0. The Bertz CT molecular complexity index is 372. The second-order valence-electron chi connectivity index (χ2n) is 6.30. The molecule has 0 aromatic carbocycles. The first-order valence-electron chi connectivity index (χ1n) is 7.74. The molecule has 0 bridgehead atoms. The third kappa shape index (κ3) is 4.75. The van der Waals surface area contributed by atoms with Crippen molar-refractivity contribution in [1.29, 1.82) is 0 Å². The minimum atomic E-state index is -2.78. The van der Waals surface area contributed by atoms with Gasteiger partial charge in [0, 0.05) is 39.5 Å². The van der Waals surface area contributed by atoms with Crippen LogP contribution in [0, 0.1) is 0 Å². The highest BCUT2D eigenvalue weighted by Crippen LogP contribution is 2.51. The van der Waals surface area contributed by atoms with E-state index in [4.69, 9.17) is 14.0 Å². The molecule has 2 fully saturated rings. The molecule has 2 heterocycles. The number of methoxy groups -OCH3 is 1. The lowest BCUT2D eigenvalue weighted by atomic mass is 10.2. The first kappa shape index (κ1) is 17.4. The van der Waals surface area contributed by atoms with E-state index in [1.165, 1.54) is 0 Å². The zero-order valence-corrected chi connectivity index (χ0v) is 14.6. The predicted molar refractivity (Wildman–Crippen MR) is 82.9 cm³/mol. The van der Waals surface area contributed by atoms with Crippen LogP contribution in [0.4, 0.5) is 0 Å². The molecular weight excluding hydrogens is 291 g/mol. The van der Waals surface area contributed by atoms with Crippen LogP contribution in [-0.4, -0.2) is 81.5 Å². The van der Waals surface area contributed by atoms with Crippen LogP contribution in [0.5, 0.6) is 0 Å². The van der Waals surface area contributed by atoms with Crippen LogP contribution in [0.15, 0.2) is 0 Å². The average Bonchev–Trinajstić information content (AvgIpc) is 2.85. The van der Waals surface area contributed by atoms with E-state index in [0.29, 0.717) is 13.2 Å². The SMILES string of the molecule is COC[C@@H]1CCCN1P(C)(=O)OCC1CN(C)CC(C)O1. The van der Waals surface area contributed by atoms with E-state index >= 15 is 0 Å². The molecule has 7 heteroatoms. The molecule has 0 amide bonds. The zero-order chi connectivity index (χ0) is 15.5. The average molecular weight is 320 g/mol. The molecule has 0 aromatic rings. The van der Waals surface area contributed by atoms with Gasteiger partial charge in [-0.1, -0.05) is 0 Å². The lowest BCUT2D eigenvalue weighted by Crippen LogP contribution is -2.46. The molecule has 4 atom stereocenters. The van der Waals surface area contributed by atoms with Crippen molar-refractivity contribution in [2.24, 2.45) is 0 Å². The Hall–Kier alpha value is 0.0300.